The van der Waals surface area contributed by atoms with Crippen LogP contribution < -0.4 is 5.32 Å². The molecule has 0 amide bonds. The third-order valence-electron chi connectivity index (χ3n) is 3.02. The molecule has 0 aliphatic heterocycles. The van der Waals surface area contributed by atoms with E-state index in [-0.39, 0.29) is 5.82 Å². The predicted octanol–water partition coefficient (Wildman–Crippen LogP) is 4.06. The molecule has 2 aromatic carbocycles. The van der Waals surface area contributed by atoms with Crippen molar-refractivity contribution >= 4 is 22.3 Å². The molecule has 0 fully saturated rings. The number of nitrogens with zero attached hydrogens (tertiary/aromatic N) is 1. The second-order valence-corrected chi connectivity index (χ2v) is 4.33. The van der Waals surface area contributed by atoms with Gasteiger partial charge in [-0.2, -0.15) is 0 Å². The highest BCUT2D eigenvalue weighted by atomic mass is 19.1. The number of hydrogen-bond acceptors (Lipinski definition) is 1. The molecule has 3 heteroatoms. The first-order valence-electron chi connectivity index (χ1n) is 5.80. The molecule has 3 aromatic rings. The van der Waals surface area contributed by atoms with Gasteiger partial charge in [-0.1, -0.05) is 0 Å². The largest absolute Gasteiger partial charge is 0.356 e. The molecule has 0 bridgehead atoms. The summed E-state index contributed by atoms with van der Waals surface area (Å²) < 4.78 is 14.9. The van der Waals surface area contributed by atoms with Gasteiger partial charge in [-0.05, 0) is 48.5 Å². The van der Waals surface area contributed by atoms with E-state index in [2.05, 4.69) is 28.1 Å². The van der Waals surface area contributed by atoms with Crippen molar-refractivity contribution < 1.29 is 4.39 Å². The van der Waals surface area contributed by atoms with Crippen LogP contribution in [0.2, 0.25) is 0 Å². The fourth-order valence-electron chi connectivity index (χ4n) is 2.06. The van der Waals surface area contributed by atoms with E-state index in [1.165, 1.54) is 23.0 Å². The maximum absolute atomic E-state index is 12.8. The minimum atomic E-state index is -0.223. The summed E-state index contributed by atoms with van der Waals surface area (Å²) in [5.74, 6) is -0.223. The summed E-state index contributed by atoms with van der Waals surface area (Å²) in [6.45, 7) is 0. The lowest BCUT2D eigenvalue weighted by Gasteiger charge is -2.06. The van der Waals surface area contributed by atoms with E-state index >= 15 is 0 Å². The standard InChI is InChI=1S/C15H13FN2/c1-18-9-8-11-10-14(6-7-15(11)18)17-13-4-2-12(16)3-5-13/h2-10,17H,1H3. The van der Waals surface area contributed by atoms with Crippen LogP contribution in [-0.2, 0) is 7.05 Å². The molecule has 18 heavy (non-hydrogen) atoms. The summed E-state index contributed by atoms with van der Waals surface area (Å²) in [6.07, 6.45) is 2.03. The quantitative estimate of drug-likeness (QED) is 0.714. The highest BCUT2D eigenvalue weighted by Gasteiger charge is 2.00. The topological polar surface area (TPSA) is 17.0 Å². The molecule has 1 heterocycles. The minimum absolute atomic E-state index is 0.223. The Kier molecular flexibility index (Phi) is 2.52. The molecule has 1 aromatic heterocycles. The monoisotopic (exact) mass is 240 g/mol. The Morgan fingerprint density at radius 1 is 0.944 bits per heavy atom. The molecule has 0 saturated carbocycles. The molecule has 0 unspecified atom stereocenters. The van der Waals surface area contributed by atoms with Gasteiger partial charge in [-0.3, -0.25) is 0 Å². The molecule has 0 aliphatic rings. The van der Waals surface area contributed by atoms with Crippen molar-refractivity contribution in [2.45, 2.75) is 0 Å². The lowest BCUT2D eigenvalue weighted by atomic mass is 10.2. The number of aryl methyl sites for hydroxylation is 1. The van der Waals surface area contributed by atoms with E-state index in [1.807, 2.05) is 19.3 Å². The molecule has 1 N–H and O–H groups in total. The summed E-state index contributed by atoms with van der Waals surface area (Å²) in [7, 11) is 2.02. The van der Waals surface area contributed by atoms with Crippen molar-refractivity contribution in [1.29, 1.82) is 0 Å². The third-order valence-corrected chi connectivity index (χ3v) is 3.02. The van der Waals surface area contributed by atoms with Gasteiger partial charge in [0.1, 0.15) is 5.82 Å². The zero-order valence-corrected chi connectivity index (χ0v) is 10.0. The van der Waals surface area contributed by atoms with Gasteiger partial charge in [-0.25, -0.2) is 4.39 Å². The first kappa shape index (κ1) is 10.8. The Bertz CT molecular complexity index is 683. The maximum Gasteiger partial charge on any atom is 0.123 e. The van der Waals surface area contributed by atoms with Gasteiger partial charge in [0.2, 0.25) is 0 Å². The van der Waals surface area contributed by atoms with Crippen molar-refractivity contribution in [1.82, 2.24) is 4.57 Å². The molecule has 0 radical (unpaired) electrons. The van der Waals surface area contributed by atoms with Crippen LogP contribution in [0, 0.1) is 5.82 Å². The number of hydrogen-bond donors (Lipinski definition) is 1. The number of halogens is 1. The zero-order chi connectivity index (χ0) is 12.5. The molecular formula is C15H13FN2. The Morgan fingerprint density at radius 3 is 2.44 bits per heavy atom. The number of anilines is 2. The van der Waals surface area contributed by atoms with Crippen LogP contribution in [0.15, 0.2) is 54.7 Å². The number of nitrogens with one attached hydrogen (secondary N) is 1. The first-order valence-corrected chi connectivity index (χ1v) is 5.80. The van der Waals surface area contributed by atoms with Gasteiger partial charge in [0.15, 0.2) is 0 Å². The average Bonchev–Trinajstić information content (AvgIpc) is 2.74. The van der Waals surface area contributed by atoms with Gasteiger partial charge in [-0.15, -0.1) is 0 Å². The molecule has 0 aliphatic carbocycles. The fraction of sp³-hybridized carbons (Fsp3) is 0.0667. The lowest BCUT2D eigenvalue weighted by molar-refractivity contribution is 0.628. The molecule has 0 saturated heterocycles. The number of aromatic nitrogens is 1. The maximum atomic E-state index is 12.8. The predicted molar refractivity (Wildman–Crippen MR) is 72.6 cm³/mol. The second kappa shape index (κ2) is 4.18. The average molecular weight is 240 g/mol. The van der Waals surface area contributed by atoms with Crippen molar-refractivity contribution in [3.8, 4) is 0 Å². The summed E-state index contributed by atoms with van der Waals surface area (Å²) >= 11 is 0. The van der Waals surface area contributed by atoms with Crippen LogP contribution in [0.25, 0.3) is 10.9 Å². The van der Waals surface area contributed by atoms with Crippen molar-refractivity contribution in [3.05, 3.63) is 60.5 Å². The highest BCUT2D eigenvalue weighted by molar-refractivity contribution is 5.84. The zero-order valence-electron chi connectivity index (χ0n) is 10.0. The Hall–Kier alpha value is -2.29. The summed E-state index contributed by atoms with van der Waals surface area (Å²) in [6, 6.07) is 14.6. The van der Waals surface area contributed by atoms with Gasteiger partial charge < -0.3 is 9.88 Å². The summed E-state index contributed by atoms with van der Waals surface area (Å²) in [5, 5.41) is 4.44. The van der Waals surface area contributed by atoms with Gasteiger partial charge in [0, 0.05) is 35.5 Å². The van der Waals surface area contributed by atoms with Crippen molar-refractivity contribution in [2.75, 3.05) is 5.32 Å². The Balaban J connectivity index is 1.92. The van der Waals surface area contributed by atoms with Crippen LogP contribution in [0.3, 0.4) is 0 Å². The molecule has 0 spiro atoms. The van der Waals surface area contributed by atoms with E-state index in [9.17, 15) is 4.39 Å². The van der Waals surface area contributed by atoms with Crippen molar-refractivity contribution in [3.63, 3.8) is 0 Å². The Labute approximate surface area is 105 Å². The van der Waals surface area contributed by atoms with E-state index in [0.29, 0.717) is 0 Å². The fourth-order valence-corrected chi connectivity index (χ4v) is 2.06. The highest BCUT2D eigenvalue weighted by Crippen LogP contribution is 2.22. The van der Waals surface area contributed by atoms with E-state index in [4.69, 9.17) is 0 Å². The van der Waals surface area contributed by atoms with Gasteiger partial charge >= 0.3 is 0 Å². The SMILES string of the molecule is Cn1ccc2cc(Nc3ccc(F)cc3)ccc21. The van der Waals surface area contributed by atoms with Crippen LogP contribution in [0.4, 0.5) is 15.8 Å². The van der Waals surface area contributed by atoms with E-state index < -0.39 is 0 Å². The van der Waals surface area contributed by atoms with Crippen LogP contribution in [0.5, 0.6) is 0 Å². The van der Waals surface area contributed by atoms with E-state index in [0.717, 1.165) is 11.4 Å². The van der Waals surface area contributed by atoms with E-state index in [1.54, 1.807) is 12.1 Å². The summed E-state index contributed by atoms with van der Waals surface area (Å²) in [5.41, 5.74) is 3.08. The van der Waals surface area contributed by atoms with Crippen LogP contribution in [0.1, 0.15) is 0 Å². The normalized spacial score (nSPS) is 10.8. The van der Waals surface area contributed by atoms with Crippen LogP contribution >= 0.6 is 0 Å². The number of rotatable bonds is 2. The number of fused-ring (bicyclic) bond motifs is 1. The van der Waals surface area contributed by atoms with Gasteiger partial charge in [0.25, 0.3) is 0 Å². The number of benzene rings is 2. The molecule has 2 nitrogen and oxygen atoms in total. The minimum Gasteiger partial charge on any atom is -0.356 e. The second-order valence-electron chi connectivity index (χ2n) is 4.33. The first-order chi connectivity index (χ1) is 8.72. The summed E-state index contributed by atoms with van der Waals surface area (Å²) in [4.78, 5) is 0. The molecule has 3 rings (SSSR count). The third kappa shape index (κ3) is 1.95. The Morgan fingerprint density at radius 2 is 1.67 bits per heavy atom. The molecule has 90 valence electrons. The lowest BCUT2D eigenvalue weighted by Crippen LogP contribution is -1.90. The van der Waals surface area contributed by atoms with Crippen LogP contribution in [-0.4, -0.2) is 4.57 Å². The molecular weight excluding hydrogens is 227 g/mol. The molecule has 0 atom stereocenters. The van der Waals surface area contributed by atoms with Gasteiger partial charge in [0.05, 0.1) is 0 Å². The smallest absolute Gasteiger partial charge is 0.123 e. The van der Waals surface area contributed by atoms with Crippen molar-refractivity contribution in [2.24, 2.45) is 7.05 Å².